The van der Waals surface area contributed by atoms with Crippen molar-refractivity contribution in [2.75, 3.05) is 30.5 Å². The highest BCUT2D eigenvalue weighted by atomic mass is 16.5. The Morgan fingerprint density at radius 2 is 1.80 bits per heavy atom. The van der Waals surface area contributed by atoms with Gasteiger partial charge in [0.25, 0.3) is 0 Å². The highest BCUT2D eigenvalue weighted by Crippen LogP contribution is 2.20. The van der Waals surface area contributed by atoms with E-state index in [9.17, 15) is 0 Å². The zero-order valence-electron chi connectivity index (χ0n) is 14.9. The molecule has 0 spiro atoms. The third kappa shape index (κ3) is 4.68. The van der Waals surface area contributed by atoms with Crippen molar-refractivity contribution in [2.24, 2.45) is 5.10 Å². The van der Waals surface area contributed by atoms with E-state index in [1.165, 1.54) is 31.4 Å². The van der Waals surface area contributed by atoms with Crippen LogP contribution in [-0.2, 0) is 0 Å². The molecule has 132 valence electrons. The van der Waals surface area contributed by atoms with Gasteiger partial charge in [-0.25, -0.2) is 10.4 Å². The highest BCUT2D eigenvalue weighted by molar-refractivity contribution is 5.99. The number of ether oxygens (including phenoxy) is 1. The molecule has 0 unspecified atom stereocenters. The van der Waals surface area contributed by atoms with E-state index in [2.05, 4.69) is 49.7 Å². The summed E-state index contributed by atoms with van der Waals surface area (Å²) in [6.07, 6.45) is 6.89. The third-order valence-electron chi connectivity index (χ3n) is 4.42. The molecule has 0 amide bonds. The maximum Gasteiger partial charge on any atom is 0.246 e. The summed E-state index contributed by atoms with van der Waals surface area (Å²) in [6.45, 7) is 4.27. The molecule has 6 heteroatoms. The fraction of sp³-hybridized carbons (Fsp3) is 0.421. The SMILES string of the molecule is COc1ccnc(N/N=C(\C)c2ccc(N3CCCCCC3)cc2)n1. The van der Waals surface area contributed by atoms with Crippen molar-refractivity contribution in [2.45, 2.75) is 32.6 Å². The lowest BCUT2D eigenvalue weighted by Crippen LogP contribution is -2.23. The maximum absolute atomic E-state index is 5.08. The number of hydrazone groups is 1. The Morgan fingerprint density at radius 3 is 2.48 bits per heavy atom. The molecule has 0 radical (unpaired) electrons. The van der Waals surface area contributed by atoms with Crippen LogP contribution >= 0.6 is 0 Å². The van der Waals surface area contributed by atoms with E-state index in [-0.39, 0.29) is 0 Å². The summed E-state index contributed by atoms with van der Waals surface area (Å²) >= 11 is 0. The molecule has 1 aliphatic heterocycles. The number of hydrogen-bond donors (Lipinski definition) is 1. The van der Waals surface area contributed by atoms with Crippen LogP contribution in [0.5, 0.6) is 5.88 Å². The van der Waals surface area contributed by atoms with Crippen LogP contribution in [0.3, 0.4) is 0 Å². The van der Waals surface area contributed by atoms with Gasteiger partial charge in [0, 0.05) is 31.0 Å². The lowest BCUT2D eigenvalue weighted by molar-refractivity contribution is 0.397. The van der Waals surface area contributed by atoms with Crippen molar-refractivity contribution in [3.8, 4) is 5.88 Å². The van der Waals surface area contributed by atoms with Crippen molar-refractivity contribution in [3.63, 3.8) is 0 Å². The molecule has 0 saturated carbocycles. The van der Waals surface area contributed by atoms with Crippen molar-refractivity contribution in [1.82, 2.24) is 9.97 Å². The van der Waals surface area contributed by atoms with Crippen LogP contribution < -0.4 is 15.1 Å². The summed E-state index contributed by atoms with van der Waals surface area (Å²) in [5.41, 5.74) is 6.13. The number of aromatic nitrogens is 2. The molecule has 3 rings (SSSR count). The average Bonchev–Trinajstić information content (AvgIpc) is 2.96. The van der Waals surface area contributed by atoms with Gasteiger partial charge in [0.05, 0.1) is 12.8 Å². The topological polar surface area (TPSA) is 62.6 Å². The molecular weight excluding hydrogens is 314 g/mol. The first-order chi connectivity index (χ1) is 12.3. The molecule has 1 fully saturated rings. The highest BCUT2D eigenvalue weighted by Gasteiger charge is 2.10. The largest absolute Gasteiger partial charge is 0.481 e. The Labute approximate surface area is 148 Å². The van der Waals surface area contributed by atoms with Crippen LogP contribution in [0.25, 0.3) is 0 Å². The second kappa shape index (κ2) is 8.46. The molecule has 0 atom stereocenters. The molecule has 1 N–H and O–H groups in total. The number of anilines is 2. The van der Waals surface area contributed by atoms with Gasteiger partial charge in [-0.1, -0.05) is 25.0 Å². The quantitative estimate of drug-likeness (QED) is 0.665. The van der Waals surface area contributed by atoms with Crippen LogP contribution in [-0.4, -0.2) is 35.9 Å². The lowest BCUT2D eigenvalue weighted by atomic mass is 10.1. The van der Waals surface area contributed by atoms with Gasteiger partial charge in [-0.05, 0) is 37.5 Å². The normalized spacial score (nSPS) is 15.6. The number of benzene rings is 1. The standard InChI is InChI=1S/C19H25N5O/c1-15(22-23-19-20-12-11-18(21-19)25-2)16-7-9-17(10-8-16)24-13-5-3-4-6-14-24/h7-12H,3-6,13-14H2,1-2H3,(H,20,21,23)/b22-15+. The van der Waals surface area contributed by atoms with E-state index in [4.69, 9.17) is 4.74 Å². The third-order valence-corrected chi connectivity index (χ3v) is 4.42. The fourth-order valence-corrected chi connectivity index (χ4v) is 2.95. The van der Waals surface area contributed by atoms with Gasteiger partial charge in [-0.2, -0.15) is 10.1 Å². The van der Waals surface area contributed by atoms with Crippen molar-refractivity contribution in [1.29, 1.82) is 0 Å². The van der Waals surface area contributed by atoms with Crippen LogP contribution in [0.15, 0.2) is 41.6 Å². The molecule has 2 aromatic rings. The first-order valence-electron chi connectivity index (χ1n) is 8.79. The van der Waals surface area contributed by atoms with Gasteiger partial charge < -0.3 is 9.64 Å². The zero-order chi connectivity index (χ0) is 17.5. The minimum atomic E-state index is 0.417. The smallest absolute Gasteiger partial charge is 0.246 e. The molecule has 1 aliphatic rings. The second-order valence-corrected chi connectivity index (χ2v) is 6.18. The molecule has 25 heavy (non-hydrogen) atoms. The van der Waals surface area contributed by atoms with Crippen LogP contribution in [0.4, 0.5) is 11.6 Å². The minimum absolute atomic E-state index is 0.417. The van der Waals surface area contributed by atoms with E-state index in [1.807, 2.05) is 6.92 Å². The van der Waals surface area contributed by atoms with Crippen molar-refractivity contribution < 1.29 is 4.74 Å². The Morgan fingerprint density at radius 1 is 1.08 bits per heavy atom. The average molecular weight is 339 g/mol. The summed E-state index contributed by atoms with van der Waals surface area (Å²) in [4.78, 5) is 10.8. The van der Waals surface area contributed by atoms with E-state index in [0.717, 1.165) is 24.4 Å². The zero-order valence-corrected chi connectivity index (χ0v) is 14.9. The summed E-state index contributed by atoms with van der Waals surface area (Å²) in [6, 6.07) is 10.3. The predicted molar refractivity (Wildman–Crippen MR) is 102 cm³/mol. The molecule has 2 heterocycles. The van der Waals surface area contributed by atoms with E-state index < -0.39 is 0 Å². The van der Waals surface area contributed by atoms with Crippen LogP contribution in [0.2, 0.25) is 0 Å². The first kappa shape index (κ1) is 17.2. The number of methoxy groups -OCH3 is 1. The summed E-state index contributed by atoms with van der Waals surface area (Å²) < 4.78 is 5.08. The molecule has 1 aromatic carbocycles. The van der Waals surface area contributed by atoms with E-state index in [1.54, 1.807) is 19.4 Å². The minimum Gasteiger partial charge on any atom is -0.481 e. The Bertz CT molecular complexity index is 706. The van der Waals surface area contributed by atoms with E-state index >= 15 is 0 Å². The molecule has 0 aliphatic carbocycles. The Hall–Kier alpha value is -2.63. The first-order valence-corrected chi connectivity index (χ1v) is 8.79. The van der Waals surface area contributed by atoms with Gasteiger partial charge in [0.15, 0.2) is 0 Å². The second-order valence-electron chi connectivity index (χ2n) is 6.18. The molecule has 1 saturated heterocycles. The summed E-state index contributed by atoms with van der Waals surface area (Å²) in [5, 5.41) is 4.37. The molecule has 6 nitrogen and oxygen atoms in total. The number of nitrogens with one attached hydrogen (secondary N) is 1. The number of hydrogen-bond acceptors (Lipinski definition) is 6. The Kier molecular flexibility index (Phi) is 5.82. The van der Waals surface area contributed by atoms with Gasteiger partial charge >= 0.3 is 0 Å². The number of rotatable bonds is 5. The lowest BCUT2D eigenvalue weighted by Gasteiger charge is -2.22. The van der Waals surface area contributed by atoms with Gasteiger partial charge in [0.1, 0.15) is 0 Å². The van der Waals surface area contributed by atoms with Crippen LogP contribution in [0.1, 0.15) is 38.2 Å². The fourth-order valence-electron chi connectivity index (χ4n) is 2.95. The van der Waals surface area contributed by atoms with Gasteiger partial charge in [-0.15, -0.1) is 0 Å². The summed E-state index contributed by atoms with van der Waals surface area (Å²) in [5.74, 6) is 0.923. The van der Waals surface area contributed by atoms with E-state index in [0.29, 0.717) is 11.8 Å². The monoisotopic (exact) mass is 339 g/mol. The molecule has 1 aromatic heterocycles. The van der Waals surface area contributed by atoms with Crippen LogP contribution in [0, 0.1) is 0 Å². The number of nitrogens with zero attached hydrogens (tertiary/aromatic N) is 4. The Balaban J connectivity index is 1.66. The van der Waals surface area contributed by atoms with Gasteiger partial charge in [0.2, 0.25) is 11.8 Å². The summed E-state index contributed by atoms with van der Waals surface area (Å²) in [7, 11) is 1.58. The van der Waals surface area contributed by atoms with Crippen molar-refractivity contribution >= 4 is 17.3 Å². The van der Waals surface area contributed by atoms with Gasteiger partial charge in [-0.3, -0.25) is 0 Å². The molecule has 0 bridgehead atoms. The molecular formula is C19H25N5O. The maximum atomic E-state index is 5.08. The van der Waals surface area contributed by atoms with Crippen molar-refractivity contribution in [3.05, 3.63) is 42.1 Å². The predicted octanol–water partition coefficient (Wildman–Crippen LogP) is 3.70.